The first kappa shape index (κ1) is 7.28. The molecule has 0 spiro atoms. The SMILES string of the molecule is CN1O[C@H]2C=C[C@@H]1C[C@@H](O)C2. The second-order valence-corrected chi connectivity index (χ2v) is 3.27. The fourth-order valence-electron chi connectivity index (χ4n) is 1.69. The van der Waals surface area contributed by atoms with Crippen LogP contribution in [0.4, 0.5) is 0 Å². The van der Waals surface area contributed by atoms with Crippen molar-refractivity contribution in [2.24, 2.45) is 0 Å². The lowest BCUT2D eigenvalue weighted by Gasteiger charge is -2.27. The van der Waals surface area contributed by atoms with Crippen LogP contribution in [0.15, 0.2) is 12.2 Å². The number of rotatable bonds is 0. The molecule has 3 heteroatoms. The molecule has 0 radical (unpaired) electrons. The molecule has 3 atom stereocenters. The first-order chi connectivity index (χ1) is 5.25. The number of fused-ring (bicyclic) bond motifs is 3. The molecule has 62 valence electrons. The molecule has 0 saturated carbocycles. The quantitative estimate of drug-likeness (QED) is 0.511. The molecule has 3 aliphatic rings. The Kier molecular flexibility index (Phi) is 1.71. The average molecular weight is 155 g/mol. The normalized spacial score (nSPS) is 44.4. The number of nitrogens with zero attached hydrogens (tertiary/aromatic N) is 1. The lowest BCUT2D eigenvalue weighted by Crippen LogP contribution is -2.34. The molecule has 0 aromatic heterocycles. The third-order valence-corrected chi connectivity index (χ3v) is 2.33. The molecule has 1 N–H and O–H groups in total. The van der Waals surface area contributed by atoms with E-state index in [1.54, 1.807) is 0 Å². The Morgan fingerprint density at radius 2 is 2.27 bits per heavy atom. The van der Waals surface area contributed by atoms with Crippen LogP contribution in [0, 0.1) is 0 Å². The van der Waals surface area contributed by atoms with E-state index in [-0.39, 0.29) is 18.2 Å². The van der Waals surface area contributed by atoms with Crippen LogP contribution in [-0.4, -0.2) is 35.5 Å². The van der Waals surface area contributed by atoms with Gasteiger partial charge in [-0.1, -0.05) is 12.2 Å². The summed E-state index contributed by atoms with van der Waals surface area (Å²) < 4.78 is 0. The van der Waals surface area contributed by atoms with Crippen molar-refractivity contribution in [2.45, 2.75) is 31.1 Å². The van der Waals surface area contributed by atoms with Crippen LogP contribution in [-0.2, 0) is 4.84 Å². The van der Waals surface area contributed by atoms with Crippen LogP contribution in [0.3, 0.4) is 0 Å². The highest BCUT2D eigenvalue weighted by molar-refractivity contribution is 5.04. The number of likely N-dealkylation sites (N-methyl/N-ethyl adjacent to an activating group) is 1. The number of aliphatic hydroxyl groups excluding tert-OH is 1. The molecule has 1 saturated heterocycles. The van der Waals surface area contributed by atoms with Gasteiger partial charge in [-0.05, 0) is 6.42 Å². The maximum Gasteiger partial charge on any atom is 0.0999 e. The van der Waals surface area contributed by atoms with Crippen molar-refractivity contribution in [2.75, 3.05) is 7.05 Å². The summed E-state index contributed by atoms with van der Waals surface area (Å²) in [6.07, 6.45) is 5.57. The third kappa shape index (κ3) is 1.31. The Morgan fingerprint density at radius 1 is 1.45 bits per heavy atom. The first-order valence-corrected chi connectivity index (χ1v) is 4.01. The van der Waals surface area contributed by atoms with Crippen molar-refractivity contribution in [3.05, 3.63) is 12.2 Å². The highest BCUT2D eigenvalue weighted by Crippen LogP contribution is 2.24. The van der Waals surface area contributed by atoms with Gasteiger partial charge >= 0.3 is 0 Å². The molecule has 2 aliphatic heterocycles. The second kappa shape index (κ2) is 2.59. The molecule has 3 nitrogen and oxygen atoms in total. The molecule has 3 rings (SSSR count). The summed E-state index contributed by atoms with van der Waals surface area (Å²) in [7, 11) is 1.92. The van der Waals surface area contributed by atoms with Gasteiger partial charge < -0.3 is 5.11 Å². The van der Waals surface area contributed by atoms with E-state index in [0.29, 0.717) is 0 Å². The predicted octanol–water partition coefficient (Wildman–Crippen LogP) is 0.311. The number of aliphatic hydroxyl groups is 1. The summed E-state index contributed by atoms with van der Waals surface area (Å²) in [4.78, 5) is 5.47. The van der Waals surface area contributed by atoms with Crippen LogP contribution in [0.1, 0.15) is 12.8 Å². The van der Waals surface area contributed by atoms with Crippen molar-refractivity contribution >= 4 is 0 Å². The fraction of sp³-hybridized carbons (Fsp3) is 0.750. The highest BCUT2D eigenvalue weighted by atomic mass is 16.7. The first-order valence-electron chi connectivity index (χ1n) is 4.01. The third-order valence-electron chi connectivity index (χ3n) is 2.33. The van der Waals surface area contributed by atoms with Gasteiger partial charge in [-0.25, -0.2) is 0 Å². The predicted molar refractivity (Wildman–Crippen MR) is 40.8 cm³/mol. The smallest absolute Gasteiger partial charge is 0.0999 e. The minimum atomic E-state index is -0.204. The number of hydrogen-bond donors (Lipinski definition) is 1. The van der Waals surface area contributed by atoms with Gasteiger partial charge in [-0.15, -0.1) is 0 Å². The van der Waals surface area contributed by atoms with Crippen molar-refractivity contribution in [1.29, 1.82) is 0 Å². The molecule has 2 bridgehead atoms. The summed E-state index contributed by atoms with van der Waals surface area (Å²) in [6.45, 7) is 0. The van der Waals surface area contributed by atoms with E-state index < -0.39 is 0 Å². The van der Waals surface area contributed by atoms with Gasteiger partial charge in [-0.2, -0.15) is 5.06 Å². The van der Waals surface area contributed by atoms with Gasteiger partial charge in [0.25, 0.3) is 0 Å². The van der Waals surface area contributed by atoms with Crippen LogP contribution in [0.25, 0.3) is 0 Å². The van der Waals surface area contributed by atoms with Gasteiger partial charge in [0, 0.05) is 13.5 Å². The van der Waals surface area contributed by atoms with Gasteiger partial charge in [0.1, 0.15) is 0 Å². The molecule has 0 amide bonds. The Balaban J connectivity index is 2.18. The Bertz CT molecular complexity index is 179. The van der Waals surface area contributed by atoms with E-state index in [4.69, 9.17) is 4.84 Å². The maximum atomic E-state index is 9.44. The zero-order valence-corrected chi connectivity index (χ0v) is 6.60. The Labute approximate surface area is 66.2 Å². The van der Waals surface area contributed by atoms with Crippen LogP contribution < -0.4 is 0 Å². The van der Waals surface area contributed by atoms with E-state index in [9.17, 15) is 5.11 Å². The van der Waals surface area contributed by atoms with Gasteiger partial charge in [0.05, 0.1) is 18.2 Å². The largest absolute Gasteiger partial charge is 0.393 e. The molecule has 0 aromatic rings. The fourth-order valence-corrected chi connectivity index (χ4v) is 1.69. The summed E-state index contributed by atoms with van der Waals surface area (Å²) >= 11 is 0. The van der Waals surface area contributed by atoms with Crippen molar-refractivity contribution in [3.63, 3.8) is 0 Å². The van der Waals surface area contributed by atoms with Gasteiger partial charge in [0.15, 0.2) is 0 Å². The van der Waals surface area contributed by atoms with E-state index >= 15 is 0 Å². The minimum absolute atomic E-state index is 0.0914. The average Bonchev–Trinajstić information content (AvgIpc) is 2.16. The summed E-state index contributed by atoms with van der Waals surface area (Å²) in [5.74, 6) is 0. The zero-order valence-electron chi connectivity index (χ0n) is 6.60. The van der Waals surface area contributed by atoms with E-state index in [1.165, 1.54) is 0 Å². The summed E-state index contributed by atoms with van der Waals surface area (Å²) in [6, 6.07) is 0.267. The second-order valence-electron chi connectivity index (χ2n) is 3.27. The van der Waals surface area contributed by atoms with E-state index in [0.717, 1.165) is 12.8 Å². The summed E-state index contributed by atoms with van der Waals surface area (Å²) in [5, 5.41) is 11.3. The van der Waals surface area contributed by atoms with Gasteiger partial charge in [0.2, 0.25) is 0 Å². The zero-order chi connectivity index (χ0) is 7.84. The molecule has 2 heterocycles. The van der Waals surface area contributed by atoms with Crippen LogP contribution in [0.5, 0.6) is 0 Å². The van der Waals surface area contributed by atoms with Crippen molar-refractivity contribution in [3.8, 4) is 0 Å². The van der Waals surface area contributed by atoms with Crippen molar-refractivity contribution in [1.82, 2.24) is 5.06 Å². The number of hydrogen-bond acceptors (Lipinski definition) is 3. The topological polar surface area (TPSA) is 32.7 Å². The molecule has 0 unspecified atom stereocenters. The molecular weight excluding hydrogens is 142 g/mol. The maximum absolute atomic E-state index is 9.44. The molecule has 11 heavy (non-hydrogen) atoms. The van der Waals surface area contributed by atoms with E-state index in [1.807, 2.05) is 18.2 Å². The molecular formula is C8H13NO2. The Hall–Kier alpha value is -0.380. The molecule has 1 fully saturated rings. The van der Waals surface area contributed by atoms with Crippen LogP contribution in [0.2, 0.25) is 0 Å². The molecule has 0 aromatic carbocycles. The van der Waals surface area contributed by atoms with E-state index in [2.05, 4.69) is 6.08 Å². The highest BCUT2D eigenvalue weighted by Gasteiger charge is 2.30. The standard InChI is InChI=1S/C8H13NO2/c1-9-6-2-3-8(11-9)5-7(10)4-6/h2-3,6-8,10H,4-5H2,1H3/t6-,7-,8+/m1/s1. The van der Waals surface area contributed by atoms with Crippen molar-refractivity contribution < 1.29 is 9.94 Å². The van der Waals surface area contributed by atoms with Gasteiger partial charge in [-0.3, -0.25) is 4.84 Å². The lowest BCUT2D eigenvalue weighted by molar-refractivity contribution is -0.182. The summed E-state index contributed by atoms with van der Waals surface area (Å²) in [5.41, 5.74) is 0. The van der Waals surface area contributed by atoms with Crippen LogP contribution >= 0.6 is 0 Å². The number of hydroxylamine groups is 2. The lowest BCUT2D eigenvalue weighted by atomic mass is 10.1. The minimum Gasteiger partial charge on any atom is -0.393 e. The Morgan fingerprint density at radius 3 is 3.00 bits per heavy atom. The molecule has 1 aliphatic carbocycles. The monoisotopic (exact) mass is 155 g/mol.